The maximum atomic E-state index is 12.1. The van der Waals surface area contributed by atoms with Crippen LogP contribution < -0.4 is 0 Å². The average molecular weight is 298 g/mol. The van der Waals surface area contributed by atoms with Crippen molar-refractivity contribution in [3.8, 4) is 0 Å². The van der Waals surface area contributed by atoms with E-state index in [1.54, 1.807) is 0 Å². The SMILES string of the molecule is CC[Si](CC)(CC)C1=CCC(C(=O)OC)(C(=O)OC)C1. The van der Waals surface area contributed by atoms with E-state index in [2.05, 4.69) is 26.8 Å². The molecule has 4 nitrogen and oxygen atoms in total. The first-order valence-corrected chi connectivity index (χ1v) is 9.94. The fourth-order valence-electron chi connectivity index (χ4n) is 3.39. The summed E-state index contributed by atoms with van der Waals surface area (Å²) >= 11 is 0. The zero-order valence-electron chi connectivity index (χ0n) is 13.2. The summed E-state index contributed by atoms with van der Waals surface area (Å²) in [4.78, 5) is 24.3. The first-order chi connectivity index (χ1) is 9.46. The van der Waals surface area contributed by atoms with Crippen molar-refractivity contribution in [2.45, 2.75) is 51.7 Å². The highest BCUT2D eigenvalue weighted by atomic mass is 28.3. The van der Waals surface area contributed by atoms with Gasteiger partial charge in [0.15, 0.2) is 5.41 Å². The Balaban J connectivity index is 3.11. The van der Waals surface area contributed by atoms with E-state index in [1.807, 2.05) is 0 Å². The summed E-state index contributed by atoms with van der Waals surface area (Å²) in [6.45, 7) is 6.66. The highest BCUT2D eigenvalue weighted by Crippen LogP contribution is 2.45. The van der Waals surface area contributed by atoms with Crippen molar-refractivity contribution in [2.75, 3.05) is 14.2 Å². The molecule has 20 heavy (non-hydrogen) atoms. The van der Waals surface area contributed by atoms with Crippen molar-refractivity contribution in [2.24, 2.45) is 5.41 Å². The van der Waals surface area contributed by atoms with Gasteiger partial charge in [0.2, 0.25) is 0 Å². The zero-order valence-corrected chi connectivity index (χ0v) is 14.2. The van der Waals surface area contributed by atoms with E-state index in [0.29, 0.717) is 12.8 Å². The number of methoxy groups -OCH3 is 2. The first kappa shape index (κ1) is 16.9. The Labute approximate surface area is 122 Å². The summed E-state index contributed by atoms with van der Waals surface area (Å²) in [6.07, 6.45) is 3.00. The molecule has 0 amide bonds. The minimum absolute atomic E-state index is 0.413. The monoisotopic (exact) mass is 298 g/mol. The number of ether oxygens (including phenoxy) is 2. The second-order valence-corrected chi connectivity index (χ2v) is 10.8. The topological polar surface area (TPSA) is 52.6 Å². The molecule has 0 bridgehead atoms. The molecule has 0 aromatic carbocycles. The van der Waals surface area contributed by atoms with Crippen LogP contribution in [0.15, 0.2) is 11.3 Å². The number of esters is 2. The van der Waals surface area contributed by atoms with Gasteiger partial charge in [-0.05, 0) is 12.8 Å². The Morgan fingerprint density at radius 2 is 1.55 bits per heavy atom. The Hall–Kier alpha value is -1.10. The van der Waals surface area contributed by atoms with Gasteiger partial charge in [0.25, 0.3) is 0 Å². The summed E-state index contributed by atoms with van der Waals surface area (Å²) in [5.41, 5.74) is -1.14. The number of allylic oxidation sites excluding steroid dienone is 2. The van der Waals surface area contributed by atoms with Crippen molar-refractivity contribution in [1.82, 2.24) is 0 Å². The fourth-order valence-corrected chi connectivity index (χ4v) is 7.46. The van der Waals surface area contributed by atoms with Gasteiger partial charge >= 0.3 is 11.9 Å². The molecular weight excluding hydrogens is 272 g/mol. The van der Waals surface area contributed by atoms with Crippen LogP contribution in [0.25, 0.3) is 0 Å². The van der Waals surface area contributed by atoms with Crippen LogP contribution in [0.1, 0.15) is 33.6 Å². The Bertz CT molecular complexity index is 386. The van der Waals surface area contributed by atoms with Crippen molar-refractivity contribution in [3.05, 3.63) is 11.3 Å². The quantitative estimate of drug-likeness (QED) is 0.429. The largest absolute Gasteiger partial charge is 0.468 e. The predicted molar refractivity (Wildman–Crippen MR) is 81.0 cm³/mol. The van der Waals surface area contributed by atoms with Crippen LogP contribution in [0.5, 0.6) is 0 Å². The highest BCUT2D eigenvalue weighted by Gasteiger charge is 2.53. The van der Waals surface area contributed by atoms with E-state index in [1.165, 1.54) is 19.4 Å². The third kappa shape index (κ3) is 2.55. The molecule has 0 aromatic rings. The molecular formula is C15H26O4Si. The molecule has 0 fully saturated rings. The Morgan fingerprint density at radius 3 is 1.90 bits per heavy atom. The fraction of sp³-hybridized carbons (Fsp3) is 0.733. The molecule has 1 rings (SSSR count). The van der Waals surface area contributed by atoms with Gasteiger partial charge in [-0.3, -0.25) is 9.59 Å². The van der Waals surface area contributed by atoms with E-state index in [4.69, 9.17) is 9.47 Å². The molecule has 0 unspecified atom stereocenters. The lowest BCUT2D eigenvalue weighted by Gasteiger charge is -2.32. The number of rotatable bonds is 6. The molecule has 114 valence electrons. The van der Waals surface area contributed by atoms with Crippen molar-refractivity contribution >= 4 is 20.0 Å². The maximum absolute atomic E-state index is 12.1. The van der Waals surface area contributed by atoms with Crippen molar-refractivity contribution in [3.63, 3.8) is 0 Å². The van der Waals surface area contributed by atoms with Crippen LogP contribution in [-0.2, 0) is 19.1 Å². The van der Waals surface area contributed by atoms with Gasteiger partial charge in [-0.1, -0.05) is 50.2 Å². The average Bonchev–Trinajstić information content (AvgIpc) is 2.95. The standard InChI is InChI=1S/C15H26O4Si/c1-6-20(7-2,8-3)12-9-10-15(11-12,13(16)18-4)14(17)19-5/h9H,6-8,10-11H2,1-5H3. The molecule has 0 N–H and O–H groups in total. The van der Waals surface area contributed by atoms with Crippen LogP contribution in [0.3, 0.4) is 0 Å². The van der Waals surface area contributed by atoms with Gasteiger partial charge in [0.05, 0.1) is 22.3 Å². The molecule has 0 spiro atoms. The number of hydrogen-bond donors (Lipinski definition) is 0. The molecule has 0 atom stereocenters. The van der Waals surface area contributed by atoms with Crippen LogP contribution in [0.2, 0.25) is 18.1 Å². The van der Waals surface area contributed by atoms with Gasteiger partial charge in [-0.2, -0.15) is 0 Å². The Kier molecular flexibility index (Phi) is 5.56. The lowest BCUT2D eigenvalue weighted by Crippen LogP contribution is -2.42. The van der Waals surface area contributed by atoms with Crippen LogP contribution in [0, 0.1) is 5.41 Å². The molecule has 1 aliphatic rings. The van der Waals surface area contributed by atoms with Gasteiger partial charge in [-0.25, -0.2) is 0 Å². The highest BCUT2D eigenvalue weighted by molar-refractivity contribution is 6.86. The van der Waals surface area contributed by atoms with E-state index in [-0.39, 0.29) is 0 Å². The predicted octanol–water partition coefficient (Wildman–Crippen LogP) is 3.09. The second kappa shape index (κ2) is 6.57. The molecule has 0 aromatic heterocycles. The number of carbonyl (C=O) groups is 2. The lowest BCUT2D eigenvalue weighted by molar-refractivity contribution is -0.168. The minimum Gasteiger partial charge on any atom is -0.468 e. The minimum atomic E-state index is -1.54. The van der Waals surface area contributed by atoms with E-state index in [9.17, 15) is 9.59 Å². The lowest BCUT2D eigenvalue weighted by atomic mass is 9.85. The second-order valence-electron chi connectivity index (χ2n) is 5.52. The third-order valence-corrected chi connectivity index (χ3v) is 10.9. The van der Waals surface area contributed by atoms with Crippen molar-refractivity contribution in [1.29, 1.82) is 0 Å². The molecule has 0 saturated heterocycles. The summed E-state index contributed by atoms with van der Waals surface area (Å²) in [6, 6.07) is 3.43. The summed E-state index contributed by atoms with van der Waals surface area (Å²) in [5.74, 6) is -0.941. The van der Waals surface area contributed by atoms with Gasteiger partial charge < -0.3 is 9.47 Å². The first-order valence-electron chi connectivity index (χ1n) is 7.32. The van der Waals surface area contributed by atoms with Gasteiger partial charge in [-0.15, -0.1) is 0 Å². The number of hydrogen-bond acceptors (Lipinski definition) is 4. The number of carbonyl (C=O) groups excluding carboxylic acids is 2. The van der Waals surface area contributed by atoms with Gasteiger partial charge in [0.1, 0.15) is 0 Å². The normalized spacial score (nSPS) is 17.6. The molecule has 0 saturated carbocycles. The van der Waals surface area contributed by atoms with E-state index >= 15 is 0 Å². The van der Waals surface area contributed by atoms with E-state index < -0.39 is 25.4 Å². The summed E-state index contributed by atoms with van der Waals surface area (Å²) in [7, 11) is 1.11. The van der Waals surface area contributed by atoms with E-state index in [0.717, 1.165) is 18.1 Å². The molecule has 0 radical (unpaired) electrons. The Morgan fingerprint density at radius 1 is 1.10 bits per heavy atom. The molecule has 5 heteroatoms. The zero-order chi connectivity index (χ0) is 15.4. The van der Waals surface area contributed by atoms with Gasteiger partial charge in [0, 0.05) is 0 Å². The van der Waals surface area contributed by atoms with Crippen LogP contribution >= 0.6 is 0 Å². The third-order valence-electron chi connectivity index (χ3n) is 5.05. The van der Waals surface area contributed by atoms with Crippen LogP contribution in [-0.4, -0.2) is 34.2 Å². The van der Waals surface area contributed by atoms with Crippen LogP contribution in [0.4, 0.5) is 0 Å². The van der Waals surface area contributed by atoms with Crippen molar-refractivity contribution < 1.29 is 19.1 Å². The molecule has 0 heterocycles. The summed E-state index contributed by atoms with van der Waals surface area (Å²) < 4.78 is 9.73. The molecule has 1 aliphatic carbocycles. The smallest absolute Gasteiger partial charge is 0.323 e. The molecule has 0 aliphatic heterocycles. The summed E-state index contributed by atoms with van der Waals surface area (Å²) in [5, 5.41) is 1.33. The maximum Gasteiger partial charge on any atom is 0.323 e.